The van der Waals surface area contributed by atoms with Crippen molar-refractivity contribution in [1.29, 1.82) is 0 Å². The average molecular weight is 277 g/mol. The second-order valence-corrected chi connectivity index (χ2v) is 4.88. The van der Waals surface area contributed by atoms with Crippen molar-refractivity contribution >= 4 is 17.6 Å². The number of aryl methyl sites for hydroxylation is 1. The topological polar surface area (TPSA) is 66.4 Å². The maximum absolute atomic E-state index is 13.7. The van der Waals surface area contributed by atoms with Crippen molar-refractivity contribution in [3.05, 3.63) is 41.7 Å². The van der Waals surface area contributed by atoms with Crippen LogP contribution in [0.1, 0.15) is 25.3 Å². The Labute approximate surface area is 116 Å². The van der Waals surface area contributed by atoms with Crippen LogP contribution in [-0.2, 0) is 16.0 Å². The Balaban J connectivity index is 2.19. The predicted molar refractivity (Wildman–Crippen MR) is 72.9 cm³/mol. The molecule has 1 amide bonds. The van der Waals surface area contributed by atoms with Gasteiger partial charge in [-0.2, -0.15) is 0 Å². The van der Waals surface area contributed by atoms with Gasteiger partial charge in [-0.05, 0) is 37.0 Å². The zero-order valence-electron chi connectivity index (χ0n) is 11.1. The van der Waals surface area contributed by atoms with Crippen LogP contribution in [0.15, 0.2) is 30.4 Å². The molecule has 20 heavy (non-hydrogen) atoms. The van der Waals surface area contributed by atoms with Gasteiger partial charge in [0.05, 0.1) is 0 Å². The second kappa shape index (κ2) is 5.45. The lowest BCUT2D eigenvalue weighted by atomic mass is 9.84. The zero-order chi connectivity index (χ0) is 14.8. The molecule has 5 heteroatoms. The average Bonchev–Trinajstić information content (AvgIpc) is 2.89. The van der Waals surface area contributed by atoms with Crippen molar-refractivity contribution in [2.45, 2.75) is 26.2 Å². The summed E-state index contributed by atoms with van der Waals surface area (Å²) in [5, 5.41) is 11.8. The molecule has 0 heterocycles. The van der Waals surface area contributed by atoms with Crippen molar-refractivity contribution in [3.63, 3.8) is 0 Å². The molecule has 0 spiro atoms. The molecule has 0 saturated heterocycles. The first-order valence-corrected chi connectivity index (χ1v) is 6.48. The van der Waals surface area contributed by atoms with Crippen LogP contribution in [0, 0.1) is 11.2 Å². The molecule has 1 aromatic carbocycles. The molecule has 2 rings (SSSR count). The molecule has 0 fully saturated rings. The van der Waals surface area contributed by atoms with E-state index in [1.54, 1.807) is 24.3 Å². The van der Waals surface area contributed by atoms with Gasteiger partial charge in [0.15, 0.2) is 5.41 Å². The Kier molecular flexibility index (Phi) is 3.88. The van der Waals surface area contributed by atoms with Crippen molar-refractivity contribution in [2.24, 2.45) is 5.41 Å². The minimum atomic E-state index is -1.47. The van der Waals surface area contributed by atoms with Crippen LogP contribution < -0.4 is 5.32 Å². The number of hydrogen-bond acceptors (Lipinski definition) is 2. The van der Waals surface area contributed by atoms with E-state index in [1.807, 2.05) is 6.92 Å². The van der Waals surface area contributed by atoms with Crippen LogP contribution >= 0.6 is 0 Å². The summed E-state index contributed by atoms with van der Waals surface area (Å²) >= 11 is 0. The number of rotatable bonds is 4. The van der Waals surface area contributed by atoms with Crippen LogP contribution in [-0.4, -0.2) is 17.0 Å². The lowest BCUT2D eigenvalue weighted by molar-refractivity contribution is -0.153. The number of nitrogens with one attached hydrogen (secondary N) is 1. The number of carbonyl (C=O) groups is 2. The number of allylic oxidation sites excluding steroid dienone is 2. The molecule has 2 N–H and O–H groups in total. The molecule has 106 valence electrons. The Morgan fingerprint density at radius 2 is 2.00 bits per heavy atom. The third-order valence-corrected chi connectivity index (χ3v) is 3.64. The number of carboxylic acid groups (broad SMARTS) is 1. The van der Waals surface area contributed by atoms with E-state index in [1.165, 1.54) is 6.07 Å². The number of aliphatic carboxylic acids is 1. The summed E-state index contributed by atoms with van der Waals surface area (Å²) in [5.74, 6) is -2.18. The molecule has 0 radical (unpaired) electrons. The lowest BCUT2D eigenvalue weighted by Gasteiger charge is -2.22. The Morgan fingerprint density at radius 1 is 1.35 bits per heavy atom. The van der Waals surface area contributed by atoms with Crippen molar-refractivity contribution < 1.29 is 19.1 Å². The largest absolute Gasteiger partial charge is 0.480 e. The molecule has 0 bridgehead atoms. The van der Waals surface area contributed by atoms with Gasteiger partial charge in [-0.3, -0.25) is 9.59 Å². The van der Waals surface area contributed by atoms with Gasteiger partial charge in [0, 0.05) is 5.69 Å². The summed E-state index contributed by atoms with van der Waals surface area (Å²) in [7, 11) is 0. The van der Waals surface area contributed by atoms with Crippen molar-refractivity contribution in [3.8, 4) is 0 Å². The van der Waals surface area contributed by atoms with Crippen LogP contribution in [0.2, 0.25) is 0 Å². The lowest BCUT2D eigenvalue weighted by Crippen LogP contribution is -2.41. The zero-order valence-corrected chi connectivity index (χ0v) is 11.1. The Bertz CT molecular complexity index is 572. The predicted octanol–water partition coefficient (Wildman–Crippen LogP) is 2.75. The van der Waals surface area contributed by atoms with E-state index in [4.69, 9.17) is 0 Å². The monoisotopic (exact) mass is 277 g/mol. The highest BCUT2D eigenvalue weighted by Gasteiger charge is 2.46. The highest BCUT2D eigenvalue weighted by atomic mass is 19.1. The van der Waals surface area contributed by atoms with Gasteiger partial charge >= 0.3 is 5.97 Å². The van der Waals surface area contributed by atoms with E-state index in [0.717, 1.165) is 0 Å². The molecule has 0 aliphatic heterocycles. The summed E-state index contributed by atoms with van der Waals surface area (Å²) < 4.78 is 13.7. The van der Waals surface area contributed by atoms with E-state index in [-0.39, 0.29) is 18.5 Å². The van der Waals surface area contributed by atoms with Crippen molar-refractivity contribution in [2.75, 3.05) is 5.32 Å². The molecule has 0 aromatic heterocycles. The first kappa shape index (κ1) is 14.2. The number of benzene rings is 1. The van der Waals surface area contributed by atoms with Gasteiger partial charge in [0.2, 0.25) is 5.91 Å². The fourth-order valence-electron chi connectivity index (χ4n) is 2.27. The van der Waals surface area contributed by atoms with Crippen LogP contribution in [0.4, 0.5) is 10.1 Å². The first-order chi connectivity index (χ1) is 9.49. The molecule has 0 saturated carbocycles. The minimum Gasteiger partial charge on any atom is -0.480 e. The van der Waals surface area contributed by atoms with Crippen molar-refractivity contribution in [1.82, 2.24) is 0 Å². The fraction of sp³-hybridized carbons (Fsp3) is 0.333. The summed E-state index contributed by atoms with van der Waals surface area (Å²) in [6.45, 7) is 1.83. The van der Waals surface area contributed by atoms with Crippen LogP contribution in [0.25, 0.3) is 0 Å². The molecular formula is C15H16FNO3. The summed E-state index contributed by atoms with van der Waals surface area (Å²) in [6, 6.07) is 4.39. The summed E-state index contributed by atoms with van der Waals surface area (Å²) in [4.78, 5) is 23.5. The van der Waals surface area contributed by atoms with Gasteiger partial charge in [-0.1, -0.05) is 25.1 Å². The SMILES string of the molecule is CCc1ccc(NC(=O)C2(C(=O)O)CC=CC2)cc1F. The first-order valence-electron chi connectivity index (χ1n) is 6.48. The van der Waals surface area contributed by atoms with Gasteiger partial charge in [-0.15, -0.1) is 0 Å². The van der Waals surface area contributed by atoms with E-state index in [0.29, 0.717) is 12.0 Å². The fourth-order valence-corrected chi connectivity index (χ4v) is 2.27. The maximum Gasteiger partial charge on any atom is 0.319 e. The summed E-state index contributed by atoms with van der Waals surface area (Å²) in [5.41, 5.74) is -0.643. The van der Waals surface area contributed by atoms with Gasteiger partial charge < -0.3 is 10.4 Å². The Hall–Kier alpha value is -2.17. The molecule has 1 aliphatic rings. The third kappa shape index (κ3) is 2.43. The number of carboxylic acids is 1. The maximum atomic E-state index is 13.7. The molecule has 1 aliphatic carbocycles. The van der Waals surface area contributed by atoms with Crippen LogP contribution in [0.5, 0.6) is 0 Å². The molecule has 4 nitrogen and oxygen atoms in total. The highest BCUT2D eigenvalue weighted by molar-refractivity contribution is 6.09. The second-order valence-electron chi connectivity index (χ2n) is 4.88. The van der Waals surface area contributed by atoms with Gasteiger partial charge in [0.25, 0.3) is 0 Å². The molecular weight excluding hydrogens is 261 g/mol. The Morgan fingerprint density at radius 3 is 2.50 bits per heavy atom. The normalized spacial score (nSPS) is 16.1. The molecule has 0 unspecified atom stereocenters. The third-order valence-electron chi connectivity index (χ3n) is 3.64. The molecule has 1 aromatic rings. The highest BCUT2D eigenvalue weighted by Crippen LogP contribution is 2.35. The number of anilines is 1. The standard InChI is InChI=1S/C15H16FNO3/c1-2-10-5-6-11(9-12(10)16)17-13(18)15(14(19)20)7-3-4-8-15/h3-6,9H,2,7-8H2,1H3,(H,17,18)(H,19,20). The van der Waals surface area contributed by atoms with E-state index < -0.39 is 23.1 Å². The van der Waals surface area contributed by atoms with Crippen LogP contribution in [0.3, 0.4) is 0 Å². The number of amides is 1. The van der Waals surface area contributed by atoms with Gasteiger partial charge in [0.1, 0.15) is 5.82 Å². The minimum absolute atomic E-state index is 0.156. The quantitative estimate of drug-likeness (QED) is 0.657. The van der Waals surface area contributed by atoms with E-state index in [9.17, 15) is 19.1 Å². The van der Waals surface area contributed by atoms with E-state index in [2.05, 4.69) is 5.32 Å². The van der Waals surface area contributed by atoms with Gasteiger partial charge in [-0.25, -0.2) is 4.39 Å². The smallest absolute Gasteiger partial charge is 0.319 e. The number of carbonyl (C=O) groups excluding carboxylic acids is 1. The van der Waals surface area contributed by atoms with E-state index >= 15 is 0 Å². The number of halogens is 1. The molecule has 0 atom stereocenters. The summed E-state index contributed by atoms with van der Waals surface area (Å²) in [6.07, 6.45) is 4.22. The number of hydrogen-bond donors (Lipinski definition) is 2.